The predicted octanol–water partition coefficient (Wildman–Crippen LogP) is 2.58. The van der Waals surface area contributed by atoms with Gasteiger partial charge in [-0.15, -0.1) is 0 Å². The summed E-state index contributed by atoms with van der Waals surface area (Å²) in [5, 5.41) is 3.08. The number of sulfonamides is 1. The van der Waals surface area contributed by atoms with Crippen LogP contribution in [0.1, 0.15) is 23.5 Å². The third kappa shape index (κ3) is 6.72. The van der Waals surface area contributed by atoms with Crippen molar-refractivity contribution in [2.45, 2.75) is 29.7 Å². The monoisotopic (exact) mass is 478 g/mol. The van der Waals surface area contributed by atoms with E-state index in [1.807, 2.05) is 41.4 Å². The van der Waals surface area contributed by atoms with Gasteiger partial charge in [-0.2, -0.15) is 0 Å². The molecule has 2 heterocycles. The van der Waals surface area contributed by atoms with Gasteiger partial charge in [-0.25, -0.2) is 13.1 Å². The van der Waals surface area contributed by atoms with E-state index in [2.05, 4.69) is 27.2 Å². The Bertz CT molecular complexity index is 1160. The standard InChI is InChI=1S/C26H30N4O3S/c31-26(20-30-15-13-24(19-30)29-34(32,33)25-11-5-2-6-12-25)28-18-23(22-9-3-1-4-10-22)16-21-8-7-14-27-17-21/h1-12,14,17,23-24,29H,13,15-16,18-20H2,(H,28,31). The Morgan fingerprint density at radius 1 is 1.03 bits per heavy atom. The van der Waals surface area contributed by atoms with E-state index in [1.54, 1.807) is 36.5 Å². The van der Waals surface area contributed by atoms with Crippen LogP contribution in [0.25, 0.3) is 0 Å². The van der Waals surface area contributed by atoms with Crippen molar-refractivity contribution in [1.82, 2.24) is 19.9 Å². The summed E-state index contributed by atoms with van der Waals surface area (Å²) in [6, 6.07) is 22.3. The number of hydrogen-bond donors (Lipinski definition) is 2. The molecule has 2 unspecified atom stereocenters. The minimum absolute atomic E-state index is 0.0568. The van der Waals surface area contributed by atoms with Crippen LogP contribution in [0.4, 0.5) is 0 Å². The van der Waals surface area contributed by atoms with Crippen LogP contribution in [0.5, 0.6) is 0 Å². The number of rotatable bonds is 10. The van der Waals surface area contributed by atoms with Gasteiger partial charge in [0.05, 0.1) is 11.4 Å². The lowest BCUT2D eigenvalue weighted by molar-refractivity contribution is -0.122. The van der Waals surface area contributed by atoms with Crippen molar-refractivity contribution in [2.75, 3.05) is 26.2 Å². The normalized spacial score (nSPS) is 17.4. The summed E-state index contributed by atoms with van der Waals surface area (Å²) in [4.78, 5) is 19.1. The van der Waals surface area contributed by atoms with Gasteiger partial charge >= 0.3 is 0 Å². The van der Waals surface area contributed by atoms with Gasteiger partial charge in [0.2, 0.25) is 15.9 Å². The zero-order valence-corrected chi connectivity index (χ0v) is 19.8. The highest BCUT2D eigenvalue weighted by molar-refractivity contribution is 7.89. The second-order valence-electron chi connectivity index (χ2n) is 8.63. The molecular formula is C26H30N4O3S. The molecule has 2 aromatic carbocycles. The summed E-state index contributed by atoms with van der Waals surface area (Å²) in [7, 11) is -3.56. The van der Waals surface area contributed by atoms with Gasteiger partial charge in [0.1, 0.15) is 0 Å². The topological polar surface area (TPSA) is 91.4 Å². The van der Waals surface area contributed by atoms with E-state index in [1.165, 1.54) is 5.56 Å². The van der Waals surface area contributed by atoms with Crippen molar-refractivity contribution in [3.8, 4) is 0 Å². The Morgan fingerprint density at radius 3 is 2.47 bits per heavy atom. The molecule has 1 fully saturated rings. The molecule has 8 heteroatoms. The van der Waals surface area contributed by atoms with Crippen molar-refractivity contribution in [2.24, 2.45) is 0 Å². The number of carbonyl (C=O) groups excluding carboxylic acids is 1. The lowest BCUT2D eigenvalue weighted by Gasteiger charge is -2.20. The number of pyridine rings is 1. The summed E-state index contributed by atoms with van der Waals surface area (Å²) < 4.78 is 27.9. The van der Waals surface area contributed by atoms with Gasteiger partial charge in [0.15, 0.2) is 0 Å². The molecule has 4 rings (SSSR count). The van der Waals surface area contributed by atoms with E-state index >= 15 is 0 Å². The average molecular weight is 479 g/mol. The van der Waals surface area contributed by atoms with Crippen molar-refractivity contribution in [3.05, 3.63) is 96.3 Å². The van der Waals surface area contributed by atoms with Crippen LogP contribution in [-0.4, -0.2) is 56.4 Å². The fourth-order valence-electron chi connectivity index (χ4n) is 4.29. The molecule has 0 aliphatic carbocycles. The van der Waals surface area contributed by atoms with Gasteiger partial charge in [0, 0.05) is 44.0 Å². The quantitative estimate of drug-likeness (QED) is 0.467. The molecule has 7 nitrogen and oxygen atoms in total. The summed E-state index contributed by atoms with van der Waals surface area (Å²) in [5.41, 5.74) is 2.29. The molecule has 1 amide bonds. The second kappa shape index (κ2) is 11.4. The minimum atomic E-state index is -3.56. The van der Waals surface area contributed by atoms with Crippen molar-refractivity contribution in [3.63, 3.8) is 0 Å². The van der Waals surface area contributed by atoms with Crippen LogP contribution in [0, 0.1) is 0 Å². The molecule has 178 valence electrons. The molecule has 0 spiro atoms. The summed E-state index contributed by atoms with van der Waals surface area (Å²) >= 11 is 0. The molecule has 1 aliphatic rings. The Labute approximate surface area is 201 Å². The van der Waals surface area contributed by atoms with Gasteiger partial charge < -0.3 is 5.32 Å². The molecule has 0 radical (unpaired) electrons. The largest absolute Gasteiger partial charge is 0.354 e. The Hall–Kier alpha value is -3.07. The Kier molecular flexibility index (Phi) is 8.05. The van der Waals surface area contributed by atoms with Crippen LogP contribution in [0.3, 0.4) is 0 Å². The fraction of sp³-hybridized carbons (Fsp3) is 0.308. The highest BCUT2D eigenvalue weighted by atomic mass is 32.2. The highest BCUT2D eigenvalue weighted by Crippen LogP contribution is 2.20. The second-order valence-corrected chi connectivity index (χ2v) is 10.3. The first-order valence-electron chi connectivity index (χ1n) is 11.5. The molecule has 0 saturated carbocycles. The van der Waals surface area contributed by atoms with Crippen LogP contribution in [-0.2, 0) is 21.2 Å². The number of nitrogens with one attached hydrogen (secondary N) is 2. The van der Waals surface area contributed by atoms with E-state index in [0.717, 1.165) is 12.0 Å². The SMILES string of the molecule is O=C(CN1CCC(NS(=O)(=O)c2ccccc2)C1)NCC(Cc1cccnc1)c1ccccc1. The van der Waals surface area contributed by atoms with Gasteiger partial charge in [-0.1, -0.05) is 54.6 Å². The van der Waals surface area contributed by atoms with E-state index in [4.69, 9.17) is 0 Å². The fourth-order valence-corrected chi connectivity index (χ4v) is 5.57. The number of carbonyl (C=O) groups is 1. The number of benzene rings is 2. The molecule has 3 aromatic rings. The number of amides is 1. The minimum Gasteiger partial charge on any atom is -0.354 e. The van der Waals surface area contributed by atoms with Crippen LogP contribution >= 0.6 is 0 Å². The molecule has 2 N–H and O–H groups in total. The maximum Gasteiger partial charge on any atom is 0.240 e. The predicted molar refractivity (Wildman–Crippen MR) is 132 cm³/mol. The third-order valence-electron chi connectivity index (χ3n) is 6.04. The maximum absolute atomic E-state index is 12.7. The van der Waals surface area contributed by atoms with E-state index in [-0.39, 0.29) is 29.3 Å². The number of aromatic nitrogens is 1. The molecule has 0 bridgehead atoms. The van der Waals surface area contributed by atoms with Crippen molar-refractivity contribution >= 4 is 15.9 Å². The number of hydrogen-bond acceptors (Lipinski definition) is 5. The summed E-state index contributed by atoms with van der Waals surface area (Å²) in [6.07, 6.45) is 5.07. The zero-order valence-electron chi connectivity index (χ0n) is 19.0. The molecular weight excluding hydrogens is 448 g/mol. The molecule has 1 aromatic heterocycles. The van der Waals surface area contributed by atoms with Crippen LogP contribution < -0.4 is 10.0 Å². The highest BCUT2D eigenvalue weighted by Gasteiger charge is 2.28. The number of nitrogens with zero attached hydrogens (tertiary/aromatic N) is 2. The molecule has 2 atom stereocenters. The van der Waals surface area contributed by atoms with Crippen molar-refractivity contribution < 1.29 is 13.2 Å². The maximum atomic E-state index is 12.7. The smallest absolute Gasteiger partial charge is 0.240 e. The van der Waals surface area contributed by atoms with Gasteiger partial charge in [-0.05, 0) is 42.2 Å². The van der Waals surface area contributed by atoms with Crippen molar-refractivity contribution in [1.29, 1.82) is 0 Å². The molecule has 34 heavy (non-hydrogen) atoms. The van der Waals surface area contributed by atoms with Gasteiger partial charge in [-0.3, -0.25) is 14.7 Å². The average Bonchev–Trinajstić information content (AvgIpc) is 3.29. The lowest BCUT2D eigenvalue weighted by atomic mass is 9.92. The molecule has 1 aliphatic heterocycles. The number of likely N-dealkylation sites (tertiary alicyclic amines) is 1. The third-order valence-corrected chi connectivity index (χ3v) is 7.57. The summed E-state index contributed by atoms with van der Waals surface area (Å²) in [6.45, 7) is 1.96. The van der Waals surface area contributed by atoms with E-state index in [9.17, 15) is 13.2 Å². The van der Waals surface area contributed by atoms with Gasteiger partial charge in [0.25, 0.3) is 0 Å². The van der Waals surface area contributed by atoms with Crippen LogP contribution in [0.15, 0.2) is 90.1 Å². The first-order valence-corrected chi connectivity index (χ1v) is 13.0. The molecule has 1 saturated heterocycles. The van der Waals surface area contributed by atoms with Crippen LogP contribution in [0.2, 0.25) is 0 Å². The van der Waals surface area contributed by atoms with E-state index in [0.29, 0.717) is 26.1 Å². The first kappa shape index (κ1) is 24.1. The Morgan fingerprint density at radius 2 is 1.76 bits per heavy atom. The Balaban J connectivity index is 1.29. The zero-order chi connectivity index (χ0) is 23.8. The summed E-state index contributed by atoms with van der Waals surface area (Å²) in [5.74, 6) is 0.0806. The first-order chi connectivity index (χ1) is 16.5. The van der Waals surface area contributed by atoms with E-state index < -0.39 is 10.0 Å². The lowest BCUT2D eigenvalue weighted by Crippen LogP contribution is -2.41.